The van der Waals surface area contributed by atoms with Crippen LogP contribution in [0.2, 0.25) is 0 Å². The lowest BCUT2D eigenvalue weighted by atomic mass is 10.8. The molecular weight excluding hydrogens is 92.1 g/mol. The molecule has 0 saturated heterocycles. The Balaban J connectivity index is 2.68. The lowest BCUT2D eigenvalue weighted by molar-refractivity contribution is 0.565. The molecule has 0 spiro atoms. The van der Waals surface area contributed by atoms with Gasteiger partial charge in [0.2, 0.25) is 0 Å². The third kappa shape index (κ3) is 0.614. The normalized spacial score (nSPS) is 15.1. The summed E-state index contributed by atoms with van der Waals surface area (Å²) in [5.41, 5.74) is 0. The second-order valence-corrected chi connectivity index (χ2v) is 1.10. The minimum absolute atomic E-state index is 0.375. The molecule has 1 rings (SSSR count). The van der Waals surface area contributed by atoms with Crippen LogP contribution in [0.4, 0.5) is 0 Å². The zero-order valence-corrected chi connectivity index (χ0v) is 3.56. The monoisotopic (exact) mass is 96.0 g/mol. The van der Waals surface area contributed by atoms with E-state index in [1.807, 2.05) is 0 Å². The van der Waals surface area contributed by atoms with Gasteiger partial charge in [-0.2, -0.15) is 0 Å². The molecule has 2 N–H and O–H groups in total. The average molecular weight is 96.1 g/mol. The Morgan fingerprint density at radius 1 is 1.43 bits per heavy atom. The Hall–Kier alpha value is -1.21. The quantitative estimate of drug-likeness (QED) is 0.393. The highest BCUT2D eigenvalue weighted by Gasteiger charge is 1.93. The highest BCUT2D eigenvalue weighted by molar-refractivity contribution is 5.52. The lowest BCUT2D eigenvalue weighted by Gasteiger charge is -1.86. The van der Waals surface area contributed by atoms with Crippen molar-refractivity contribution in [3.05, 3.63) is 18.2 Å². The van der Waals surface area contributed by atoms with E-state index in [0.29, 0.717) is 5.82 Å². The predicted molar refractivity (Wildman–Crippen MR) is 24.6 cm³/mol. The van der Waals surface area contributed by atoms with Crippen LogP contribution >= 0.6 is 0 Å². The Labute approximate surface area is 40.7 Å². The van der Waals surface area contributed by atoms with Crippen LogP contribution in [0.5, 0.6) is 0 Å². The first-order chi connectivity index (χ1) is 3.43. The zero-order valence-electron chi connectivity index (χ0n) is 3.56. The predicted octanol–water partition coefficient (Wildman–Crippen LogP) is -0.677. The molecule has 3 heteroatoms. The van der Waals surface area contributed by atoms with Gasteiger partial charge in [0.1, 0.15) is 0 Å². The van der Waals surface area contributed by atoms with Crippen molar-refractivity contribution in [3.8, 4) is 0 Å². The highest BCUT2D eigenvalue weighted by Crippen LogP contribution is 1.81. The summed E-state index contributed by atoms with van der Waals surface area (Å²) in [6.45, 7) is 0. The van der Waals surface area contributed by atoms with E-state index >= 15 is 0 Å². The van der Waals surface area contributed by atoms with E-state index in [2.05, 4.69) is 10.6 Å². The van der Waals surface area contributed by atoms with Crippen molar-refractivity contribution in [1.82, 2.24) is 10.6 Å². The van der Waals surface area contributed by atoms with Crippen molar-refractivity contribution in [1.29, 1.82) is 0 Å². The van der Waals surface area contributed by atoms with Crippen LogP contribution in [-0.2, 0) is 4.79 Å². The summed E-state index contributed by atoms with van der Waals surface area (Å²) >= 11 is 0. The van der Waals surface area contributed by atoms with Crippen LogP contribution in [0.25, 0.3) is 0 Å². The summed E-state index contributed by atoms with van der Waals surface area (Å²) in [7, 11) is 0. The minimum atomic E-state index is 0.375. The molecular formula is C4H4N2O. The molecule has 3 nitrogen and oxygen atoms in total. The third-order valence-electron chi connectivity index (χ3n) is 0.641. The molecule has 0 unspecified atom stereocenters. The second-order valence-electron chi connectivity index (χ2n) is 1.10. The topological polar surface area (TPSA) is 41.1 Å². The SMILES string of the molecule is O=C=C1NC=CN1. The standard InChI is InChI=1S/C4H4N2O/c7-3-4-5-1-2-6-4/h1-2,5-6H. The fraction of sp³-hybridized carbons (Fsp3) is 0. The second kappa shape index (κ2) is 1.49. The van der Waals surface area contributed by atoms with Gasteiger partial charge in [-0.1, -0.05) is 0 Å². The molecule has 0 aromatic heterocycles. The van der Waals surface area contributed by atoms with Gasteiger partial charge in [-0.25, -0.2) is 4.79 Å². The molecule has 0 amide bonds. The van der Waals surface area contributed by atoms with Crippen LogP contribution in [0.1, 0.15) is 0 Å². The number of nitrogens with one attached hydrogen (secondary N) is 2. The van der Waals surface area contributed by atoms with E-state index in [1.54, 1.807) is 18.3 Å². The van der Waals surface area contributed by atoms with Gasteiger partial charge in [-0.3, -0.25) is 0 Å². The molecule has 7 heavy (non-hydrogen) atoms. The first-order valence-electron chi connectivity index (χ1n) is 1.86. The first-order valence-corrected chi connectivity index (χ1v) is 1.86. The van der Waals surface area contributed by atoms with Crippen LogP contribution in [0.15, 0.2) is 18.2 Å². The summed E-state index contributed by atoms with van der Waals surface area (Å²) in [5.74, 6) is 2.02. The maximum Gasteiger partial charge on any atom is 0.194 e. The smallest absolute Gasteiger partial charge is 0.194 e. The fourth-order valence-electron chi connectivity index (χ4n) is 0.351. The molecule has 0 aromatic rings. The maximum atomic E-state index is 9.68. The summed E-state index contributed by atoms with van der Waals surface area (Å²) in [4.78, 5) is 9.68. The minimum Gasteiger partial charge on any atom is -0.337 e. The molecule has 0 saturated carbocycles. The van der Waals surface area contributed by atoms with Gasteiger partial charge in [0.15, 0.2) is 11.8 Å². The molecule has 0 aromatic carbocycles. The fourth-order valence-corrected chi connectivity index (χ4v) is 0.351. The molecule has 0 fully saturated rings. The van der Waals surface area contributed by atoms with Crippen molar-refractivity contribution in [3.63, 3.8) is 0 Å². The molecule has 0 bridgehead atoms. The van der Waals surface area contributed by atoms with Crippen LogP contribution in [0, 0.1) is 0 Å². The number of carbonyl (C=O) groups excluding carboxylic acids is 1. The van der Waals surface area contributed by atoms with E-state index in [0.717, 1.165) is 0 Å². The van der Waals surface area contributed by atoms with E-state index < -0.39 is 0 Å². The van der Waals surface area contributed by atoms with Gasteiger partial charge >= 0.3 is 0 Å². The Morgan fingerprint density at radius 3 is 2.29 bits per heavy atom. The van der Waals surface area contributed by atoms with Crippen LogP contribution < -0.4 is 10.6 Å². The van der Waals surface area contributed by atoms with E-state index in [4.69, 9.17) is 0 Å². The van der Waals surface area contributed by atoms with Gasteiger partial charge in [-0.05, 0) is 0 Å². The molecule has 1 heterocycles. The van der Waals surface area contributed by atoms with Crippen molar-refractivity contribution in [2.24, 2.45) is 0 Å². The van der Waals surface area contributed by atoms with E-state index in [-0.39, 0.29) is 0 Å². The molecule has 1 aliphatic rings. The van der Waals surface area contributed by atoms with E-state index in [1.165, 1.54) is 0 Å². The van der Waals surface area contributed by atoms with Gasteiger partial charge in [0.05, 0.1) is 0 Å². The van der Waals surface area contributed by atoms with Crippen LogP contribution in [0.3, 0.4) is 0 Å². The van der Waals surface area contributed by atoms with Crippen molar-refractivity contribution in [2.75, 3.05) is 0 Å². The Bertz CT molecular complexity index is 134. The molecule has 0 aliphatic carbocycles. The van der Waals surface area contributed by atoms with Crippen molar-refractivity contribution >= 4 is 5.94 Å². The molecule has 1 aliphatic heterocycles. The highest BCUT2D eigenvalue weighted by atomic mass is 16.1. The summed E-state index contributed by atoms with van der Waals surface area (Å²) < 4.78 is 0. The first kappa shape index (κ1) is 3.96. The van der Waals surface area contributed by atoms with Gasteiger partial charge in [0, 0.05) is 12.4 Å². The van der Waals surface area contributed by atoms with Gasteiger partial charge in [0.25, 0.3) is 0 Å². The lowest BCUT2D eigenvalue weighted by Crippen LogP contribution is -2.09. The maximum absolute atomic E-state index is 9.68. The Kier molecular flexibility index (Phi) is 0.845. The molecule has 36 valence electrons. The van der Waals surface area contributed by atoms with Gasteiger partial charge < -0.3 is 10.6 Å². The zero-order chi connectivity index (χ0) is 5.11. The van der Waals surface area contributed by atoms with Crippen molar-refractivity contribution in [2.45, 2.75) is 0 Å². The summed E-state index contributed by atoms with van der Waals surface area (Å²) in [5, 5.41) is 5.22. The third-order valence-corrected chi connectivity index (χ3v) is 0.641. The number of hydrogen-bond acceptors (Lipinski definition) is 3. The van der Waals surface area contributed by atoms with Crippen LogP contribution in [-0.4, -0.2) is 5.94 Å². The number of hydrogen-bond donors (Lipinski definition) is 2. The average Bonchev–Trinajstić information content (AvgIpc) is 2.14. The molecule has 0 radical (unpaired) electrons. The largest absolute Gasteiger partial charge is 0.337 e. The molecule has 0 atom stereocenters. The van der Waals surface area contributed by atoms with Gasteiger partial charge in [-0.15, -0.1) is 0 Å². The van der Waals surface area contributed by atoms with Crippen molar-refractivity contribution < 1.29 is 4.79 Å². The summed E-state index contributed by atoms with van der Waals surface area (Å²) in [6.07, 6.45) is 3.25. The number of rotatable bonds is 0. The Morgan fingerprint density at radius 2 is 2.00 bits per heavy atom. The van der Waals surface area contributed by atoms with E-state index in [9.17, 15) is 4.79 Å². The summed E-state index contributed by atoms with van der Waals surface area (Å²) in [6, 6.07) is 0.